The molecule has 2 bridgehead atoms. The van der Waals surface area contributed by atoms with E-state index < -0.39 is 18.4 Å². The molecule has 10 heavy (non-hydrogen) atoms. The Kier molecular flexibility index (Phi) is 1.19. The van der Waals surface area contributed by atoms with Crippen LogP contribution in [0.25, 0.3) is 0 Å². The summed E-state index contributed by atoms with van der Waals surface area (Å²) < 4.78 is 0.976. The first-order valence-electron chi connectivity index (χ1n) is 4.37. The van der Waals surface area contributed by atoms with E-state index in [4.69, 9.17) is 0 Å². The number of rotatable bonds is 1. The standard InChI is InChI=1S/C6H9.3CH3.Sn/c1-6-2-5(3-6)4-6;;;;/h2-4H2,1H3;3*1H3;. The second kappa shape index (κ2) is 1.60. The van der Waals surface area contributed by atoms with Gasteiger partial charge in [0.05, 0.1) is 0 Å². The van der Waals surface area contributed by atoms with E-state index in [1.54, 1.807) is 19.3 Å². The fourth-order valence-corrected chi connectivity index (χ4v) is 11.3. The fraction of sp³-hybridized carbons (Fsp3) is 1.00. The molecule has 0 unspecified atom stereocenters. The van der Waals surface area contributed by atoms with Crippen LogP contribution in [0.4, 0.5) is 0 Å². The average molecular weight is 245 g/mol. The minimum absolute atomic E-state index is 0.838. The molecule has 0 nitrogen and oxygen atoms in total. The summed E-state index contributed by atoms with van der Waals surface area (Å²) in [4.78, 5) is 7.81. The Labute approximate surface area is 68.3 Å². The molecule has 0 heterocycles. The molecule has 58 valence electrons. The van der Waals surface area contributed by atoms with Gasteiger partial charge in [0.25, 0.3) is 0 Å². The molecule has 0 amide bonds. The van der Waals surface area contributed by atoms with Gasteiger partial charge in [-0.3, -0.25) is 0 Å². The first-order valence-corrected chi connectivity index (χ1v) is 14.4. The molecule has 3 fully saturated rings. The Morgan fingerprint density at radius 1 is 1.00 bits per heavy atom. The SMILES string of the molecule is CC12C[C]([Sn]([CH3])([CH3])[CH3])(C1)C2. The van der Waals surface area contributed by atoms with Gasteiger partial charge in [-0.15, -0.1) is 0 Å². The van der Waals surface area contributed by atoms with Gasteiger partial charge in [-0.25, -0.2) is 0 Å². The molecule has 0 aromatic heterocycles. The fourth-order valence-electron chi connectivity index (χ4n) is 3.09. The van der Waals surface area contributed by atoms with Gasteiger partial charge in [-0.2, -0.15) is 0 Å². The summed E-state index contributed by atoms with van der Waals surface area (Å²) in [5.41, 5.74) is 0.838. The predicted molar refractivity (Wildman–Crippen MR) is 48.0 cm³/mol. The van der Waals surface area contributed by atoms with E-state index in [2.05, 4.69) is 21.7 Å². The molecule has 0 spiro atoms. The summed E-state index contributed by atoms with van der Waals surface area (Å²) in [6.45, 7) is 2.46. The van der Waals surface area contributed by atoms with Crippen LogP contribution >= 0.6 is 0 Å². The van der Waals surface area contributed by atoms with Crippen molar-refractivity contribution in [1.82, 2.24) is 0 Å². The number of hydrogen-bond donors (Lipinski definition) is 0. The van der Waals surface area contributed by atoms with Crippen LogP contribution in [0.3, 0.4) is 0 Å². The van der Waals surface area contributed by atoms with Crippen molar-refractivity contribution in [3.05, 3.63) is 0 Å². The summed E-state index contributed by atoms with van der Waals surface area (Å²) >= 11 is -1.47. The van der Waals surface area contributed by atoms with E-state index in [0.29, 0.717) is 0 Å². The first-order chi connectivity index (χ1) is 4.37. The molecule has 0 radical (unpaired) electrons. The minimum atomic E-state index is -1.47. The third-order valence-electron chi connectivity index (χ3n) is 3.89. The average Bonchev–Trinajstić information content (AvgIpc) is 1.51. The molecular weight excluding hydrogens is 227 g/mol. The molecule has 3 aliphatic carbocycles. The van der Waals surface area contributed by atoms with Crippen LogP contribution < -0.4 is 0 Å². The van der Waals surface area contributed by atoms with Crippen molar-refractivity contribution in [2.75, 3.05) is 0 Å². The van der Waals surface area contributed by atoms with Gasteiger partial charge in [0.1, 0.15) is 0 Å². The van der Waals surface area contributed by atoms with Gasteiger partial charge >= 0.3 is 68.2 Å². The molecule has 0 N–H and O–H groups in total. The quantitative estimate of drug-likeness (QED) is 0.622. The van der Waals surface area contributed by atoms with Gasteiger partial charge in [0, 0.05) is 0 Å². The Bertz CT molecular complexity index is 156. The van der Waals surface area contributed by atoms with Crippen molar-refractivity contribution >= 4 is 18.4 Å². The van der Waals surface area contributed by atoms with Crippen molar-refractivity contribution in [3.63, 3.8) is 0 Å². The van der Waals surface area contributed by atoms with Crippen LogP contribution in [-0.2, 0) is 0 Å². The summed E-state index contributed by atoms with van der Waals surface area (Å²) in [5.74, 6) is 0. The summed E-state index contributed by atoms with van der Waals surface area (Å²) in [6, 6.07) is 0. The second-order valence-electron chi connectivity index (χ2n) is 5.87. The number of hydrogen-bond acceptors (Lipinski definition) is 0. The van der Waals surface area contributed by atoms with E-state index in [1.165, 1.54) is 0 Å². The van der Waals surface area contributed by atoms with Crippen molar-refractivity contribution in [1.29, 1.82) is 0 Å². The monoisotopic (exact) mass is 246 g/mol. The Balaban J connectivity index is 2.11. The van der Waals surface area contributed by atoms with Gasteiger partial charge in [-0.05, 0) is 0 Å². The predicted octanol–water partition coefficient (Wildman–Crippen LogP) is 3.27. The maximum atomic E-state index is 2.60. The second-order valence-corrected chi connectivity index (χ2v) is 21.7. The first kappa shape index (κ1) is 7.45. The maximum absolute atomic E-state index is 2.60. The van der Waals surface area contributed by atoms with E-state index in [-0.39, 0.29) is 0 Å². The normalized spacial score (nSPS) is 51.6. The molecule has 0 aliphatic heterocycles. The van der Waals surface area contributed by atoms with E-state index in [1.807, 2.05) is 0 Å². The zero-order valence-electron chi connectivity index (χ0n) is 7.62. The molecular formula is C9H18Sn. The molecule has 0 aromatic carbocycles. The van der Waals surface area contributed by atoms with Crippen molar-refractivity contribution in [2.45, 2.75) is 44.4 Å². The van der Waals surface area contributed by atoms with Crippen LogP contribution in [0.2, 0.25) is 18.2 Å². The van der Waals surface area contributed by atoms with E-state index in [0.717, 1.165) is 8.85 Å². The van der Waals surface area contributed by atoms with Gasteiger partial charge < -0.3 is 0 Å². The van der Waals surface area contributed by atoms with Gasteiger partial charge in [-0.1, -0.05) is 0 Å². The van der Waals surface area contributed by atoms with Gasteiger partial charge in [0.2, 0.25) is 0 Å². The molecule has 0 aromatic rings. The molecule has 3 rings (SSSR count). The summed E-state index contributed by atoms with van der Waals surface area (Å²) in [6.07, 6.45) is 4.79. The molecule has 3 aliphatic rings. The zero-order chi connectivity index (χ0) is 7.62. The van der Waals surface area contributed by atoms with Crippen molar-refractivity contribution < 1.29 is 0 Å². The van der Waals surface area contributed by atoms with Gasteiger partial charge in [0.15, 0.2) is 0 Å². The van der Waals surface area contributed by atoms with Crippen LogP contribution in [0, 0.1) is 5.41 Å². The molecule has 0 saturated heterocycles. The van der Waals surface area contributed by atoms with Crippen LogP contribution in [0.15, 0.2) is 0 Å². The summed E-state index contributed by atoms with van der Waals surface area (Å²) in [7, 11) is 0. The van der Waals surface area contributed by atoms with Crippen LogP contribution in [0.1, 0.15) is 26.2 Å². The summed E-state index contributed by atoms with van der Waals surface area (Å²) in [5, 5.41) is 0. The third-order valence-corrected chi connectivity index (χ3v) is 14.5. The van der Waals surface area contributed by atoms with Crippen LogP contribution in [0.5, 0.6) is 0 Å². The Morgan fingerprint density at radius 2 is 1.40 bits per heavy atom. The molecule has 1 heteroatoms. The van der Waals surface area contributed by atoms with E-state index >= 15 is 0 Å². The Morgan fingerprint density at radius 3 is 1.50 bits per heavy atom. The van der Waals surface area contributed by atoms with E-state index in [9.17, 15) is 0 Å². The van der Waals surface area contributed by atoms with Crippen LogP contribution in [-0.4, -0.2) is 18.4 Å². The third kappa shape index (κ3) is 0.692. The Hall–Kier alpha value is 0.799. The van der Waals surface area contributed by atoms with Crippen molar-refractivity contribution in [2.24, 2.45) is 5.41 Å². The molecule has 0 atom stereocenters. The zero-order valence-corrected chi connectivity index (χ0v) is 10.5. The van der Waals surface area contributed by atoms with Crippen molar-refractivity contribution in [3.8, 4) is 0 Å². The molecule has 3 saturated carbocycles. The topological polar surface area (TPSA) is 0 Å².